The second-order valence-corrected chi connectivity index (χ2v) is 5.16. The number of hydrogen-bond acceptors (Lipinski definition) is 5. The molecule has 0 aliphatic carbocycles. The van der Waals surface area contributed by atoms with Crippen LogP contribution in [-0.2, 0) is 0 Å². The molecule has 1 fully saturated rings. The highest BCUT2D eigenvalue weighted by Gasteiger charge is 2.31. The number of carbonyl (C=O) groups excluding carboxylic acids is 1. The van der Waals surface area contributed by atoms with Crippen molar-refractivity contribution in [1.29, 1.82) is 0 Å². The lowest BCUT2D eigenvalue weighted by Gasteiger charge is -2.17. The van der Waals surface area contributed by atoms with E-state index in [0.29, 0.717) is 30.1 Å². The number of amides is 1. The molecular formula is C15H17N3O3. The molecular weight excluding hydrogens is 270 g/mol. The average Bonchev–Trinajstić information content (AvgIpc) is 3.07. The van der Waals surface area contributed by atoms with E-state index in [9.17, 15) is 4.79 Å². The topological polar surface area (TPSA) is 68.5 Å². The number of hydrogen-bond donors (Lipinski definition) is 0. The largest absolute Gasteiger partial charge is 0.488 e. The molecule has 1 unspecified atom stereocenters. The lowest BCUT2D eigenvalue weighted by atomic mass is 10.2. The summed E-state index contributed by atoms with van der Waals surface area (Å²) in [6, 6.07) is 3.64. The molecule has 0 aromatic carbocycles. The summed E-state index contributed by atoms with van der Waals surface area (Å²) in [5, 5.41) is 3.83. The first-order valence-electron chi connectivity index (χ1n) is 6.94. The molecule has 6 heteroatoms. The van der Waals surface area contributed by atoms with Gasteiger partial charge in [-0.2, -0.15) is 0 Å². The van der Waals surface area contributed by atoms with Gasteiger partial charge in [-0.1, -0.05) is 5.16 Å². The molecule has 0 bridgehead atoms. The maximum atomic E-state index is 12.5. The molecule has 1 atom stereocenters. The summed E-state index contributed by atoms with van der Waals surface area (Å²) in [6.07, 6.45) is 4.21. The summed E-state index contributed by atoms with van der Waals surface area (Å²) in [4.78, 5) is 18.3. The number of ether oxygens (including phenoxy) is 1. The minimum absolute atomic E-state index is 0.0109. The molecule has 1 aliphatic rings. The van der Waals surface area contributed by atoms with Crippen LogP contribution in [0.25, 0.3) is 0 Å². The van der Waals surface area contributed by atoms with Crippen LogP contribution in [0.5, 0.6) is 5.75 Å². The molecule has 0 spiro atoms. The number of carbonyl (C=O) groups is 1. The number of aryl methyl sites for hydroxylation is 2. The van der Waals surface area contributed by atoms with Crippen LogP contribution in [0.4, 0.5) is 0 Å². The van der Waals surface area contributed by atoms with E-state index in [1.807, 2.05) is 12.1 Å². The third-order valence-electron chi connectivity index (χ3n) is 3.63. The van der Waals surface area contributed by atoms with E-state index in [4.69, 9.17) is 9.26 Å². The Kier molecular flexibility index (Phi) is 3.60. The maximum Gasteiger partial charge on any atom is 0.259 e. The van der Waals surface area contributed by atoms with Gasteiger partial charge in [-0.3, -0.25) is 9.78 Å². The van der Waals surface area contributed by atoms with Gasteiger partial charge in [-0.15, -0.1) is 0 Å². The summed E-state index contributed by atoms with van der Waals surface area (Å²) < 4.78 is 10.9. The molecule has 0 N–H and O–H groups in total. The lowest BCUT2D eigenvalue weighted by molar-refractivity contribution is 0.0770. The van der Waals surface area contributed by atoms with Gasteiger partial charge in [0.1, 0.15) is 23.2 Å². The van der Waals surface area contributed by atoms with Gasteiger partial charge >= 0.3 is 0 Å². The van der Waals surface area contributed by atoms with E-state index in [1.165, 1.54) is 0 Å². The Morgan fingerprint density at radius 2 is 2.14 bits per heavy atom. The Balaban J connectivity index is 1.66. The van der Waals surface area contributed by atoms with Crippen molar-refractivity contribution in [3.63, 3.8) is 0 Å². The second-order valence-electron chi connectivity index (χ2n) is 5.16. The van der Waals surface area contributed by atoms with Crippen molar-refractivity contribution in [2.24, 2.45) is 0 Å². The zero-order chi connectivity index (χ0) is 14.8. The van der Waals surface area contributed by atoms with Crippen molar-refractivity contribution in [2.75, 3.05) is 13.1 Å². The van der Waals surface area contributed by atoms with Crippen molar-refractivity contribution < 1.29 is 14.1 Å². The highest BCUT2D eigenvalue weighted by atomic mass is 16.5. The van der Waals surface area contributed by atoms with E-state index in [-0.39, 0.29) is 12.0 Å². The zero-order valence-corrected chi connectivity index (χ0v) is 12.1. The molecule has 3 heterocycles. The van der Waals surface area contributed by atoms with Crippen LogP contribution < -0.4 is 4.74 Å². The predicted octanol–water partition coefficient (Wildman–Crippen LogP) is 1.98. The Morgan fingerprint density at radius 1 is 1.38 bits per heavy atom. The maximum absolute atomic E-state index is 12.5. The smallest absolute Gasteiger partial charge is 0.259 e. The number of likely N-dealkylation sites (tertiary alicyclic amines) is 1. The third-order valence-corrected chi connectivity index (χ3v) is 3.63. The van der Waals surface area contributed by atoms with Crippen molar-refractivity contribution in [1.82, 2.24) is 15.0 Å². The minimum Gasteiger partial charge on any atom is -0.488 e. The third kappa shape index (κ3) is 2.74. The predicted molar refractivity (Wildman–Crippen MR) is 75.2 cm³/mol. The van der Waals surface area contributed by atoms with Gasteiger partial charge in [0.15, 0.2) is 0 Å². The molecule has 2 aromatic rings. The fourth-order valence-electron chi connectivity index (χ4n) is 2.56. The van der Waals surface area contributed by atoms with E-state index in [1.54, 1.807) is 31.1 Å². The number of rotatable bonds is 3. The van der Waals surface area contributed by atoms with Crippen LogP contribution in [0.2, 0.25) is 0 Å². The molecule has 1 amide bonds. The first kappa shape index (κ1) is 13.6. The van der Waals surface area contributed by atoms with Gasteiger partial charge in [0.05, 0.1) is 12.2 Å². The monoisotopic (exact) mass is 287 g/mol. The fourth-order valence-corrected chi connectivity index (χ4v) is 2.56. The molecule has 2 aromatic heterocycles. The van der Waals surface area contributed by atoms with Crippen molar-refractivity contribution in [3.05, 3.63) is 41.5 Å². The van der Waals surface area contributed by atoms with Gasteiger partial charge in [0.25, 0.3) is 5.91 Å². The normalized spacial score (nSPS) is 18.0. The van der Waals surface area contributed by atoms with E-state index in [0.717, 1.165) is 12.2 Å². The van der Waals surface area contributed by atoms with Crippen LogP contribution >= 0.6 is 0 Å². The molecule has 1 saturated heterocycles. The highest BCUT2D eigenvalue weighted by Crippen LogP contribution is 2.21. The summed E-state index contributed by atoms with van der Waals surface area (Å²) >= 11 is 0. The zero-order valence-electron chi connectivity index (χ0n) is 12.1. The lowest BCUT2D eigenvalue weighted by Crippen LogP contribution is -2.31. The highest BCUT2D eigenvalue weighted by molar-refractivity contribution is 5.96. The van der Waals surface area contributed by atoms with Gasteiger partial charge in [-0.25, -0.2) is 0 Å². The SMILES string of the molecule is Cc1noc(C)c1C(=O)N1CCC(Oc2ccncc2)C1. The Bertz CT molecular complexity index is 619. The van der Waals surface area contributed by atoms with Crippen molar-refractivity contribution in [3.8, 4) is 5.75 Å². The van der Waals surface area contributed by atoms with Crippen LogP contribution in [0.15, 0.2) is 29.0 Å². The number of aromatic nitrogens is 2. The summed E-state index contributed by atoms with van der Waals surface area (Å²) in [7, 11) is 0. The van der Waals surface area contributed by atoms with Crippen LogP contribution in [0.3, 0.4) is 0 Å². The number of nitrogens with zero attached hydrogens (tertiary/aromatic N) is 3. The first-order valence-corrected chi connectivity index (χ1v) is 6.94. The summed E-state index contributed by atoms with van der Waals surface area (Å²) in [6.45, 7) is 4.79. The van der Waals surface area contributed by atoms with Gasteiger partial charge < -0.3 is 14.2 Å². The van der Waals surface area contributed by atoms with Crippen LogP contribution in [0, 0.1) is 13.8 Å². The quantitative estimate of drug-likeness (QED) is 0.863. The minimum atomic E-state index is -0.0351. The molecule has 0 radical (unpaired) electrons. The molecule has 1 aliphatic heterocycles. The van der Waals surface area contributed by atoms with Crippen LogP contribution in [-0.4, -0.2) is 40.1 Å². The standard InChI is InChI=1S/C15H17N3O3/c1-10-14(11(2)21-17-10)15(19)18-8-5-13(9-18)20-12-3-6-16-7-4-12/h3-4,6-7,13H,5,8-9H2,1-2H3. The Labute approximate surface area is 122 Å². The summed E-state index contributed by atoms with van der Waals surface area (Å²) in [5.41, 5.74) is 1.20. The molecule has 6 nitrogen and oxygen atoms in total. The first-order chi connectivity index (χ1) is 10.1. The molecule has 3 rings (SSSR count). The molecule has 0 saturated carbocycles. The van der Waals surface area contributed by atoms with Crippen molar-refractivity contribution in [2.45, 2.75) is 26.4 Å². The average molecular weight is 287 g/mol. The second kappa shape index (κ2) is 5.55. The molecule has 110 valence electrons. The van der Waals surface area contributed by atoms with Gasteiger partial charge in [0.2, 0.25) is 0 Å². The van der Waals surface area contributed by atoms with Gasteiger partial charge in [0, 0.05) is 25.4 Å². The van der Waals surface area contributed by atoms with E-state index in [2.05, 4.69) is 10.1 Å². The van der Waals surface area contributed by atoms with Gasteiger partial charge in [-0.05, 0) is 26.0 Å². The number of pyridine rings is 1. The Morgan fingerprint density at radius 3 is 2.81 bits per heavy atom. The van der Waals surface area contributed by atoms with E-state index >= 15 is 0 Å². The Hall–Kier alpha value is -2.37. The van der Waals surface area contributed by atoms with E-state index < -0.39 is 0 Å². The van der Waals surface area contributed by atoms with Crippen molar-refractivity contribution >= 4 is 5.91 Å². The molecule has 21 heavy (non-hydrogen) atoms. The van der Waals surface area contributed by atoms with Crippen LogP contribution in [0.1, 0.15) is 28.2 Å². The summed E-state index contributed by atoms with van der Waals surface area (Å²) in [5.74, 6) is 1.31. The fraction of sp³-hybridized carbons (Fsp3) is 0.400.